The first kappa shape index (κ1) is 15.4. The van der Waals surface area contributed by atoms with Crippen molar-refractivity contribution in [2.45, 2.75) is 4.90 Å². The van der Waals surface area contributed by atoms with Crippen molar-refractivity contribution in [3.63, 3.8) is 0 Å². The number of halogens is 3. The molecule has 0 aliphatic carbocycles. The van der Waals surface area contributed by atoms with Crippen LogP contribution in [-0.4, -0.2) is 13.5 Å². The van der Waals surface area contributed by atoms with Gasteiger partial charge in [0.25, 0.3) is 10.0 Å². The van der Waals surface area contributed by atoms with Gasteiger partial charge < -0.3 is 5.11 Å². The molecule has 106 valence electrons. The molecule has 0 amide bonds. The highest BCUT2D eigenvalue weighted by molar-refractivity contribution is 9.10. The van der Waals surface area contributed by atoms with Crippen LogP contribution in [0.25, 0.3) is 0 Å². The van der Waals surface area contributed by atoms with Gasteiger partial charge in [0.05, 0.1) is 15.7 Å². The lowest BCUT2D eigenvalue weighted by Crippen LogP contribution is -2.13. The predicted octanol–water partition coefficient (Wildman–Crippen LogP) is 4.26. The second kappa shape index (κ2) is 5.81. The van der Waals surface area contributed by atoms with Crippen LogP contribution in [0.4, 0.5) is 5.69 Å². The molecule has 2 aromatic rings. The fourth-order valence-electron chi connectivity index (χ4n) is 1.49. The van der Waals surface area contributed by atoms with Gasteiger partial charge in [-0.05, 0) is 30.3 Å². The molecule has 0 atom stereocenters. The molecule has 20 heavy (non-hydrogen) atoms. The number of rotatable bonds is 3. The van der Waals surface area contributed by atoms with Gasteiger partial charge in [0.15, 0.2) is 5.75 Å². The van der Waals surface area contributed by atoms with Crippen molar-refractivity contribution in [3.8, 4) is 5.75 Å². The third-order valence-electron chi connectivity index (χ3n) is 2.41. The number of hydrogen-bond acceptors (Lipinski definition) is 3. The lowest BCUT2D eigenvalue weighted by atomic mass is 10.3. The summed E-state index contributed by atoms with van der Waals surface area (Å²) in [5, 5.41) is 9.83. The molecule has 4 nitrogen and oxygen atoms in total. The smallest absolute Gasteiger partial charge is 0.263 e. The number of hydrogen-bond donors (Lipinski definition) is 2. The number of sulfonamides is 1. The highest BCUT2D eigenvalue weighted by Gasteiger charge is 2.20. The van der Waals surface area contributed by atoms with E-state index >= 15 is 0 Å². The standard InChI is InChI=1S/C12H8BrCl2NO3S/c13-7-4-5-11(9(15)6-7)20(18,19)16-10-3-1-2-8(14)12(10)17/h1-6,16-17H. The quantitative estimate of drug-likeness (QED) is 0.761. The fourth-order valence-corrected chi connectivity index (χ4v) is 3.77. The molecule has 0 saturated heterocycles. The molecule has 0 aromatic heterocycles. The number of phenols is 1. The molecule has 0 radical (unpaired) electrons. The third-order valence-corrected chi connectivity index (χ3v) is 5.06. The number of aromatic hydroxyl groups is 1. The van der Waals surface area contributed by atoms with E-state index in [0.29, 0.717) is 4.47 Å². The van der Waals surface area contributed by atoms with Crippen molar-refractivity contribution < 1.29 is 13.5 Å². The molecule has 2 N–H and O–H groups in total. The van der Waals surface area contributed by atoms with Crippen LogP contribution in [0.1, 0.15) is 0 Å². The molecule has 2 aromatic carbocycles. The van der Waals surface area contributed by atoms with Crippen LogP contribution in [0.2, 0.25) is 10.0 Å². The zero-order valence-electron chi connectivity index (χ0n) is 9.77. The number of anilines is 1. The fraction of sp³-hybridized carbons (Fsp3) is 0. The van der Waals surface area contributed by atoms with Crippen LogP contribution in [0, 0.1) is 0 Å². The molecule has 8 heteroatoms. The van der Waals surface area contributed by atoms with Crippen molar-refractivity contribution >= 4 is 54.8 Å². The van der Waals surface area contributed by atoms with Gasteiger partial charge in [-0.25, -0.2) is 8.42 Å². The molecule has 0 bridgehead atoms. The number of nitrogens with one attached hydrogen (secondary N) is 1. The predicted molar refractivity (Wildman–Crippen MR) is 83.1 cm³/mol. The Balaban J connectivity index is 2.44. The zero-order valence-corrected chi connectivity index (χ0v) is 13.7. The average Bonchev–Trinajstić information content (AvgIpc) is 2.34. The van der Waals surface area contributed by atoms with Crippen LogP contribution < -0.4 is 4.72 Å². The number of benzene rings is 2. The molecule has 0 fully saturated rings. The normalized spacial score (nSPS) is 11.3. The highest BCUT2D eigenvalue weighted by atomic mass is 79.9. The molecule has 0 aliphatic rings. The van der Waals surface area contributed by atoms with Crippen molar-refractivity contribution in [3.05, 3.63) is 50.9 Å². The average molecular weight is 397 g/mol. The molecular formula is C12H8BrCl2NO3S. The minimum Gasteiger partial charge on any atom is -0.504 e. The van der Waals surface area contributed by atoms with Crippen molar-refractivity contribution in [2.24, 2.45) is 0 Å². The van der Waals surface area contributed by atoms with Crippen LogP contribution in [0.15, 0.2) is 45.8 Å². The minimum absolute atomic E-state index is 0.0171. The van der Waals surface area contributed by atoms with Crippen molar-refractivity contribution in [2.75, 3.05) is 4.72 Å². The molecular weight excluding hydrogens is 389 g/mol. The van der Waals surface area contributed by atoms with Crippen LogP contribution >= 0.6 is 39.1 Å². The Bertz CT molecular complexity index is 765. The lowest BCUT2D eigenvalue weighted by Gasteiger charge is -2.11. The van der Waals surface area contributed by atoms with E-state index in [-0.39, 0.29) is 26.4 Å². The maximum Gasteiger partial charge on any atom is 0.263 e. The molecule has 2 rings (SSSR count). The van der Waals surface area contributed by atoms with Crippen LogP contribution in [0.3, 0.4) is 0 Å². The Kier molecular flexibility index (Phi) is 4.49. The van der Waals surface area contributed by atoms with Crippen LogP contribution in [-0.2, 0) is 10.0 Å². The topological polar surface area (TPSA) is 66.4 Å². The Morgan fingerprint density at radius 2 is 1.80 bits per heavy atom. The first-order valence-corrected chi connectivity index (χ1v) is 8.30. The van der Waals surface area contributed by atoms with E-state index < -0.39 is 10.0 Å². The monoisotopic (exact) mass is 395 g/mol. The second-order valence-corrected chi connectivity index (χ2v) is 7.20. The van der Waals surface area contributed by atoms with Gasteiger partial charge in [-0.3, -0.25) is 4.72 Å². The van der Waals surface area contributed by atoms with E-state index in [2.05, 4.69) is 20.7 Å². The Labute approximate surface area is 134 Å². The van der Waals surface area contributed by atoms with E-state index in [1.54, 1.807) is 6.07 Å². The van der Waals surface area contributed by atoms with Crippen LogP contribution in [0.5, 0.6) is 5.75 Å². The van der Waals surface area contributed by atoms with Gasteiger partial charge in [-0.15, -0.1) is 0 Å². The van der Waals surface area contributed by atoms with E-state index in [0.717, 1.165) is 0 Å². The van der Waals surface area contributed by atoms with Gasteiger partial charge >= 0.3 is 0 Å². The summed E-state index contributed by atoms with van der Waals surface area (Å²) in [6.07, 6.45) is 0. The Morgan fingerprint density at radius 1 is 1.10 bits per heavy atom. The molecule has 0 aliphatic heterocycles. The maximum atomic E-state index is 12.2. The Morgan fingerprint density at radius 3 is 2.45 bits per heavy atom. The highest BCUT2D eigenvalue weighted by Crippen LogP contribution is 2.34. The van der Waals surface area contributed by atoms with Crippen molar-refractivity contribution in [1.29, 1.82) is 0 Å². The van der Waals surface area contributed by atoms with Gasteiger partial charge in [0.1, 0.15) is 4.90 Å². The Hall–Kier alpha value is -0.950. The summed E-state index contributed by atoms with van der Waals surface area (Å²) >= 11 is 14.8. The van der Waals surface area contributed by atoms with E-state index in [9.17, 15) is 13.5 Å². The summed E-state index contributed by atoms with van der Waals surface area (Å²) in [6.45, 7) is 0. The summed E-state index contributed by atoms with van der Waals surface area (Å²) in [7, 11) is -3.92. The SMILES string of the molecule is O=S(=O)(Nc1cccc(Cl)c1O)c1ccc(Br)cc1Cl. The van der Waals surface area contributed by atoms with E-state index in [1.165, 1.54) is 30.3 Å². The summed E-state index contributed by atoms with van der Waals surface area (Å²) in [4.78, 5) is -0.0956. The molecule has 0 saturated carbocycles. The second-order valence-electron chi connectivity index (χ2n) is 3.82. The molecule has 0 heterocycles. The summed E-state index contributed by atoms with van der Waals surface area (Å²) < 4.78 is 27.4. The summed E-state index contributed by atoms with van der Waals surface area (Å²) in [5.74, 6) is -0.342. The van der Waals surface area contributed by atoms with Gasteiger partial charge in [0.2, 0.25) is 0 Å². The number of phenolic OH excluding ortho intramolecular Hbond substituents is 1. The minimum atomic E-state index is -3.92. The molecule has 0 unspecified atom stereocenters. The van der Waals surface area contributed by atoms with E-state index in [1.807, 2.05) is 0 Å². The first-order chi connectivity index (χ1) is 9.31. The maximum absolute atomic E-state index is 12.2. The first-order valence-electron chi connectivity index (χ1n) is 5.26. The van der Waals surface area contributed by atoms with Gasteiger partial charge in [-0.1, -0.05) is 45.2 Å². The van der Waals surface area contributed by atoms with E-state index in [4.69, 9.17) is 23.2 Å². The summed E-state index contributed by atoms with van der Waals surface area (Å²) in [6, 6.07) is 8.73. The lowest BCUT2D eigenvalue weighted by molar-refractivity contribution is 0.478. The zero-order chi connectivity index (χ0) is 14.9. The number of para-hydroxylation sites is 1. The third kappa shape index (κ3) is 3.20. The summed E-state index contributed by atoms with van der Waals surface area (Å²) in [5.41, 5.74) is -0.0171. The van der Waals surface area contributed by atoms with Gasteiger partial charge in [-0.2, -0.15) is 0 Å². The molecule has 0 spiro atoms. The van der Waals surface area contributed by atoms with Gasteiger partial charge in [0, 0.05) is 4.47 Å². The largest absolute Gasteiger partial charge is 0.504 e. The van der Waals surface area contributed by atoms with Crippen molar-refractivity contribution in [1.82, 2.24) is 0 Å².